The SMILES string of the molecule is C=C(CC)c1c[nH]c2nccc(Oc3c(F)cc(NC(=O)NCCOC)cc3F)c12. The van der Waals surface area contributed by atoms with Crippen LogP contribution in [0.5, 0.6) is 11.5 Å². The predicted octanol–water partition coefficient (Wildman–Crippen LogP) is 4.82. The van der Waals surface area contributed by atoms with E-state index in [0.717, 1.165) is 23.3 Å². The lowest BCUT2D eigenvalue weighted by Crippen LogP contribution is -2.31. The number of anilines is 1. The largest absolute Gasteiger partial charge is 0.450 e. The molecule has 0 radical (unpaired) electrons. The molecule has 0 aliphatic carbocycles. The molecule has 9 heteroatoms. The van der Waals surface area contributed by atoms with E-state index in [1.54, 1.807) is 6.20 Å². The number of carbonyl (C=O) groups is 1. The molecule has 0 atom stereocenters. The number of urea groups is 1. The first kappa shape index (κ1) is 21.3. The van der Waals surface area contributed by atoms with Gasteiger partial charge in [-0.2, -0.15) is 0 Å². The number of hydrogen-bond donors (Lipinski definition) is 3. The van der Waals surface area contributed by atoms with Crippen LogP contribution in [0.25, 0.3) is 16.6 Å². The second-order valence-corrected chi connectivity index (χ2v) is 6.44. The van der Waals surface area contributed by atoms with Crippen LogP contribution in [0.2, 0.25) is 0 Å². The van der Waals surface area contributed by atoms with Crippen molar-refractivity contribution >= 4 is 28.3 Å². The number of aromatic nitrogens is 2. The molecule has 3 N–H and O–H groups in total. The number of methoxy groups -OCH3 is 1. The van der Waals surface area contributed by atoms with Gasteiger partial charge >= 0.3 is 6.03 Å². The van der Waals surface area contributed by atoms with Gasteiger partial charge in [0.15, 0.2) is 17.4 Å². The third kappa shape index (κ3) is 4.57. The van der Waals surface area contributed by atoms with Crippen LogP contribution < -0.4 is 15.4 Å². The molecule has 0 unspecified atom stereocenters. The number of H-pyrrole nitrogens is 1. The van der Waals surface area contributed by atoms with Crippen molar-refractivity contribution in [2.45, 2.75) is 13.3 Å². The van der Waals surface area contributed by atoms with Crippen LogP contribution in [0.1, 0.15) is 18.9 Å². The number of nitrogens with one attached hydrogen (secondary N) is 3. The summed E-state index contributed by atoms with van der Waals surface area (Å²) in [5.41, 5.74) is 2.07. The molecule has 0 saturated heterocycles. The Balaban J connectivity index is 1.87. The molecule has 30 heavy (non-hydrogen) atoms. The quantitative estimate of drug-likeness (QED) is 0.459. The van der Waals surface area contributed by atoms with E-state index in [9.17, 15) is 13.6 Å². The number of halogens is 2. The Labute approximate surface area is 172 Å². The lowest BCUT2D eigenvalue weighted by Gasteiger charge is -2.13. The van der Waals surface area contributed by atoms with Crippen LogP contribution in [0.15, 0.2) is 37.2 Å². The van der Waals surface area contributed by atoms with Crippen molar-refractivity contribution in [2.75, 3.05) is 25.6 Å². The van der Waals surface area contributed by atoms with Crippen molar-refractivity contribution in [1.82, 2.24) is 15.3 Å². The molecule has 0 fully saturated rings. The van der Waals surface area contributed by atoms with Crippen LogP contribution in [-0.2, 0) is 4.74 Å². The van der Waals surface area contributed by atoms with E-state index < -0.39 is 23.4 Å². The molecule has 0 aliphatic heterocycles. The van der Waals surface area contributed by atoms with E-state index in [0.29, 0.717) is 24.1 Å². The fourth-order valence-corrected chi connectivity index (χ4v) is 2.86. The molecule has 3 rings (SSSR count). The molecule has 0 saturated carbocycles. The van der Waals surface area contributed by atoms with Crippen molar-refractivity contribution in [3.63, 3.8) is 0 Å². The van der Waals surface area contributed by atoms with Crippen LogP contribution in [-0.4, -0.2) is 36.3 Å². The zero-order chi connectivity index (χ0) is 21.7. The Kier molecular flexibility index (Phi) is 6.63. The number of nitrogens with zero attached hydrogens (tertiary/aromatic N) is 1. The minimum atomic E-state index is -0.960. The molecule has 0 aliphatic rings. The van der Waals surface area contributed by atoms with Crippen LogP contribution in [0.3, 0.4) is 0 Å². The molecule has 2 amide bonds. The van der Waals surface area contributed by atoms with Gasteiger partial charge in [-0.25, -0.2) is 18.6 Å². The molecular formula is C21H22F2N4O3. The highest BCUT2D eigenvalue weighted by Gasteiger charge is 2.18. The number of amides is 2. The summed E-state index contributed by atoms with van der Waals surface area (Å²) in [5, 5.41) is 5.44. The van der Waals surface area contributed by atoms with Gasteiger partial charge < -0.3 is 25.1 Å². The zero-order valence-corrected chi connectivity index (χ0v) is 16.6. The smallest absolute Gasteiger partial charge is 0.319 e. The highest BCUT2D eigenvalue weighted by Crippen LogP contribution is 2.37. The van der Waals surface area contributed by atoms with E-state index in [4.69, 9.17) is 9.47 Å². The first-order valence-corrected chi connectivity index (χ1v) is 9.29. The number of allylic oxidation sites excluding steroid dienone is 1. The van der Waals surface area contributed by atoms with Crippen molar-refractivity contribution < 1.29 is 23.0 Å². The Bertz CT molecular complexity index is 1060. The second-order valence-electron chi connectivity index (χ2n) is 6.44. The maximum Gasteiger partial charge on any atom is 0.319 e. The minimum Gasteiger partial charge on any atom is -0.450 e. The van der Waals surface area contributed by atoms with Crippen molar-refractivity contribution in [3.8, 4) is 11.5 Å². The number of benzene rings is 1. The molecule has 2 heterocycles. The van der Waals surface area contributed by atoms with E-state index in [2.05, 4.69) is 27.2 Å². The number of ether oxygens (including phenoxy) is 2. The maximum absolute atomic E-state index is 14.6. The van der Waals surface area contributed by atoms with Gasteiger partial charge in [-0.1, -0.05) is 13.5 Å². The fraction of sp³-hybridized carbons (Fsp3) is 0.238. The number of pyridine rings is 1. The summed E-state index contributed by atoms with van der Waals surface area (Å²) >= 11 is 0. The lowest BCUT2D eigenvalue weighted by atomic mass is 10.1. The number of hydrogen-bond acceptors (Lipinski definition) is 4. The van der Waals surface area contributed by atoms with Gasteiger partial charge in [0.25, 0.3) is 0 Å². The highest BCUT2D eigenvalue weighted by molar-refractivity contribution is 5.95. The van der Waals surface area contributed by atoms with Crippen molar-refractivity contribution in [1.29, 1.82) is 0 Å². The third-order valence-electron chi connectivity index (χ3n) is 4.40. The van der Waals surface area contributed by atoms with Crippen molar-refractivity contribution in [3.05, 3.63) is 54.4 Å². The Morgan fingerprint density at radius 1 is 1.30 bits per heavy atom. The molecule has 0 bridgehead atoms. The standard InChI is InChI=1S/C21H22F2N4O3/c1-4-12(2)14-11-26-20-18(14)17(5-6-24-20)30-19-15(22)9-13(10-16(19)23)27-21(28)25-7-8-29-3/h5-6,9-11H,2,4,7-8H2,1,3H3,(H,24,26)(H2,25,27,28). The Morgan fingerprint density at radius 3 is 2.70 bits per heavy atom. The molecular weight excluding hydrogens is 394 g/mol. The van der Waals surface area contributed by atoms with Gasteiger partial charge in [0, 0.05) is 49.4 Å². The van der Waals surface area contributed by atoms with Crippen LogP contribution in [0, 0.1) is 11.6 Å². The summed E-state index contributed by atoms with van der Waals surface area (Å²) in [4.78, 5) is 19.0. The summed E-state index contributed by atoms with van der Waals surface area (Å²) in [6, 6.07) is 2.88. The van der Waals surface area contributed by atoms with Gasteiger partial charge in [-0.15, -0.1) is 0 Å². The zero-order valence-electron chi connectivity index (χ0n) is 16.6. The highest BCUT2D eigenvalue weighted by atomic mass is 19.1. The summed E-state index contributed by atoms with van der Waals surface area (Å²) in [7, 11) is 1.49. The van der Waals surface area contributed by atoms with Gasteiger partial charge in [-0.3, -0.25) is 0 Å². The number of rotatable bonds is 8. The molecule has 0 spiro atoms. The first-order chi connectivity index (χ1) is 14.4. The van der Waals surface area contributed by atoms with E-state index >= 15 is 0 Å². The molecule has 158 valence electrons. The number of fused-ring (bicyclic) bond motifs is 1. The Hall–Kier alpha value is -3.46. The molecule has 1 aromatic carbocycles. The third-order valence-corrected chi connectivity index (χ3v) is 4.40. The summed E-state index contributed by atoms with van der Waals surface area (Å²) in [6.07, 6.45) is 3.90. The average molecular weight is 416 g/mol. The minimum absolute atomic E-state index is 0.0474. The van der Waals surface area contributed by atoms with Crippen molar-refractivity contribution in [2.24, 2.45) is 0 Å². The van der Waals surface area contributed by atoms with Crippen LogP contribution in [0.4, 0.5) is 19.3 Å². The maximum atomic E-state index is 14.6. The lowest BCUT2D eigenvalue weighted by molar-refractivity contribution is 0.198. The van der Waals surface area contributed by atoms with Crippen LogP contribution >= 0.6 is 0 Å². The second kappa shape index (κ2) is 9.36. The topological polar surface area (TPSA) is 88.3 Å². The fourth-order valence-electron chi connectivity index (χ4n) is 2.86. The van der Waals surface area contributed by atoms with E-state index in [-0.39, 0.29) is 18.0 Å². The molecule has 2 aromatic heterocycles. The Morgan fingerprint density at radius 2 is 2.03 bits per heavy atom. The number of carbonyl (C=O) groups excluding carboxylic acids is 1. The van der Waals surface area contributed by atoms with E-state index in [1.807, 2.05) is 6.92 Å². The molecule has 3 aromatic rings. The summed E-state index contributed by atoms with van der Waals surface area (Å²) in [6.45, 7) is 6.54. The first-order valence-electron chi connectivity index (χ1n) is 9.29. The average Bonchev–Trinajstić information content (AvgIpc) is 3.15. The van der Waals surface area contributed by atoms with E-state index in [1.165, 1.54) is 19.4 Å². The van der Waals surface area contributed by atoms with Gasteiger partial charge in [0.1, 0.15) is 11.4 Å². The summed E-state index contributed by atoms with van der Waals surface area (Å²) in [5.74, 6) is -2.26. The summed E-state index contributed by atoms with van der Waals surface area (Å²) < 4.78 is 39.6. The van der Waals surface area contributed by atoms with Gasteiger partial charge in [-0.05, 0) is 18.1 Å². The molecule has 7 nitrogen and oxygen atoms in total. The van der Waals surface area contributed by atoms with Gasteiger partial charge in [0.2, 0.25) is 0 Å². The van der Waals surface area contributed by atoms with Gasteiger partial charge in [0.05, 0.1) is 12.0 Å². The number of aromatic amines is 1. The predicted molar refractivity (Wildman–Crippen MR) is 111 cm³/mol. The monoisotopic (exact) mass is 416 g/mol. The normalized spacial score (nSPS) is 10.8.